The van der Waals surface area contributed by atoms with E-state index in [1.165, 1.54) is 0 Å². The van der Waals surface area contributed by atoms with Gasteiger partial charge in [-0.25, -0.2) is 0 Å². The van der Waals surface area contributed by atoms with E-state index in [2.05, 4.69) is 6.07 Å². The molecule has 0 bridgehead atoms. The van der Waals surface area contributed by atoms with Crippen molar-refractivity contribution in [2.45, 2.75) is 26.2 Å². The van der Waals surface area contributed by atoms with Crippen LogP contribution >= 0.6 is 0 Å². The molecule has 0 amide bonds. The first kappa shape index (κ1) is 12.2. The summed E-state index contributed by atoms with van der Waals surface area (Å²) in [5.41, 5.74) is 6.02. The van der Waals surface area contributed by atoms with Crippen LogP contribution in [0, 0.1) is 51.2 Å². The van der Waals surface area contributed by atoms with E-state index in [0.29, 0.717) is 5.57 Å². The molecule has 2 aliphatic rings. The summed E-state index contributed by atoms with van der Waals surface area (Å²) in [6.07, 6.45) is 4.92. The van der Waals surface area contributed by atoms with Crippen LogP contribution in [-0.2, 0) is 0 Å². The van der Waals surface area contributed by atoms with Gasteiger partial charge >= 0.3 is 0 Å². The average Bonchev–Trinajstić information content (AvgIpc) is 2.41. The highest BCUT2D eigenvalue weighted by Gasteiger charge is 2.50. The van der Waals surface area contributed by atoms with Gasteiger partial charge in [-0.3, -0.25) is 0 Å². The molecule has 2 N–H and O–H groups in total. The molecule has 0 aliphatic heterocycles. The molecule has 0 spiro atoms. The molecular formula is C14H14N4. The van der Waals surface area contributed by atoms with E-state index < -0.39 is 5.41 Å². The van der Waals surface area contributed by atoms with E-state index in [1.54, 1.807) is 0 Å². The molecule has 2 atom stereocenters. The third-order valence-electron chi connectivity index (χ3n) is 4.22. The summed E-state index contributed by atoms with van der Waals surface area (Å²) >= 11 is 0. The molecule has 90 valence electrons. The number of nitriles is 3. The summed E-state index contributed by atoms with van der Waals surface area (Å²) in [5, 5.41) is 28.0. The van der Waals surface area contributed by atoms with E-state index in [1.807, 2.05) is 25.1 Å². The van der Waals surface area contributed by atoms with E-state index in [4.69, 9.17) is 5.73 Å². The highest BCUT2D eigenvalue weighted by Crippen LogP contribution is 2.50. The lowest BCUT2D eigenvalue weighted by atomic mass is 9.59. The largest absolute Gasteiger partial charge is 0.399 e. The first-order chi connectivity index (χ1) is 8.62. The number of fused-ring (bicyclic) bond motifs is 1. The number of allylic oxidation sites excluding steroid dienone is 4. The third-order valence-corrected chi connectivity index (χ3v) is 4.22. The normalized spacial score (nSPS) is 29.3. The fourth-order valence-electron chi connectivity index (χ4n) is 3.08. The summed E-state index contributed by atoms with van der Waals surface area (Å²) in [6.45, 7) is 1.89. The maximum Gasteiger partial charge on any atom is 0.187 e. The Hall–Kier alpha value is -2.25. The lowest BCUT2D eigenvalue weighted by Crippen LogP contribution is -2.42. The van der Waals surface area contributed by atoms with Gasteiger partial charge in [-0.05, 0) is 30.8 Å². The topological polar surface area (TPSA) is 97.4 Å². The van der Waals surface area contributed by atoms with Crippen LogP contribution in [0.5, 0.6) is 0 Å². The fourth-order valence-corrected chi connectivity index (χ4v) is 3.08. The van der Waals surface area contributed by atoms with Gasteiger partial charge in [0.15, 0.2) is 5.41 Å². The molecule has 0 saturated carbocycles. The Morgan fingerprint density at radius 3 is 2.56 bits per heavy atom. The molecule has 0 heterocycles. The van der Waals surface area contributed by atoms with Crippen LogP contribution in [0.3, 0.4) is 0 Å². The minimum atomic E-state index is -1.36. The zero-order valence-electron chi connectivity index (χ0n) is 10.3. The standard InChI is InChI=1S/C14H14N4/c1-9-10-4-2-3-5-11(10)12(6-15)13(18)14(9,7-16)8-17/h5,9-10H,2-4,18H2,1H3/t9-,10-/m0/s1. The first-order valence-corrected chi connectivity index (χ1v) is 6.05. The maximum atomic E-state index is 9.37. The van der Waals surface area contributed by atoms with Crippen molar-refractivity contribution < 1.29 is 0 Å². The molecule has 2 aliphatic carbocycles. The van der Waals surface area contributed by atoms with E-state index in [-0.39, 0.29) is 17.5 Å². The average molecular weight is 238 g/mol. The Bertz CT molecular complexity index is 548. The van der Waals surface area contributed by atoms with Crippen molar-refractivity contribution in [3.63, 3.8) is 0 Å². The molecule has 4 nitrogen and oxygen atoms in total. The van der Waals surface area contributed by atoms with Gasteiger partial charge in [0.05, 0.1) is 23.4 Å². The van der Waals surface area contributed by atoms with Crippen LogP contribution in [0.15, 0.2) is 22.9 Å². The third kappa shape index (κ3) is 1.35. The van der Waals surface area contributed by atoms with E-state index in [0.717, 1.165) is 24.8 Å². The van der Waals surface area contributed by atoms with Gasteiger partial charge in [-0.2, -0.15) is 15.8 Å². The van der Waals surface area contributed by atoms with Crippen molar-refractivity contribution >= 4 is 0 Å². The van der Waals surface area contributed by atoms with Crippen molar-refractivity contribution in [3.8, 4) is 18.2 Å². The highest BCUT2D eigenvalue weighted by atomic mass is 14.7. The van der Waals surface area contributed by atoms with Crippen LogP contribution < -0.4 is 5.73 Å². The zero-order valence-corrected chi connectivity index (χ0v) is 10.3. The lowest BCUT2D eigenvalue weighted by molar-refractivity contribution is 0.257. The minimum absolute atomic E-state index is 0.0972. The smallest absolute Gasteiger partial charge is 0.187 e. The number of rotatable bonds is 0. The monoisotopic (exact) mass is 238 g/mol. The van der Waals surface area contributed by atoms with Crippen LogP contribution in [0.2, 0.25) is 0 Å². The quantitative estimate of drug-likeness (QED) is 0.698. The van der Waals surface area contributed by atoms with Crippen molar-refractivity contribution in [2.24, 2.45) is 23.0 Å². The number of nitrogens with zero attached hydrogens (tertiary/aromatic N) is 3. The molecule has 0 saturated heterocycles. The van der Waals surface area contributed by atoms with Crippen molar-refractivity contribution in [1.82, 2.24) is 0 Å². The number of hydrogen-bond donors (Lipinski definition) is 1. The number of nitrogens with two attached hydrogens (primary N) is 1. The highest BCUT2D eigenvalue weighted by molar-refractivity contribution is 5.55. The summed E-state index contributed by atoms with van der Waals surface area (Å²) in [5.74, 6) is -0.0730. The van der Waals surface area contributed by atoms with Gasteiger partial charge in [0.1, 0.15) is 6.07 Å². The first-order valence-electron chi connectivity index (χ1n) is 6.05. The summed E-state index contributed by atoms with van der Waals surface area (Å²) in [6, 6.07) is 6.16. The van der Waals surface area contributed by atoms with Crippen LogP contribution in [0.4, 0.5) is 0 Å². The molecule has 2 rings (SSSR count). The summed E-state index contributed by atoms with van der Waals surface area (Å²) < 4.78 is 0. The molecule has 18 heavy (non-hydrogen) atoms. The van der Waals surface area contributed by atoms with Gasteiger partial charge in [0, 0.05) is 5.92 Å². The maximum absolute atomic E-state index is 9.37. The zero-order chi connectivity index (χ0) is 13.3. The second-order valence-corrected chi connectivity index (χ2v) is 4.92. The van der Waals surface area contributed by atoms with E-state index >= 15 is 0 Å². The molecule has 0 radical (unpaired) electrons. The summed E-state index contributed by atoms with van der Waals surface area (Å²) in [7, 11) is 0. The Morgan fingerprint density at radius 1 is 1.33 bits per heavy atom. The minimum Gasteiger partial charge on any atom is -0.399 e. The van der Waals surface area contributed by atoms with Gasteiger partial charge in [0.2, 0.25) is 0 Å². The predicted octanol–water partition coefficient (Wildman–Crippen LogP) is 2.13. The van der Waals surface area contributed by atoms with Gasteiger partial charge in [-0.1, -0.05) is 13.0 Å². The van der Waals surface area contributed by atoms with Crippen LogP contribution in [0.1, 0.15) is 26.2 Å². The van der Waals surface area contributed by atoms with Crippen molar-refractivity contribution in [2.75, 3.05) is 0 Å². The predicted molar refractivity (Wildman–Crippen MR) is 65.1 cm³/mol. The fraction of sp³-hybridized carbons (Fsp3) is 0.500. The van der Waals surface area contributed by atoms with Crippen LogP contribution in [-0.4, -0.2) is 0 Å². The molecule has 0 unspecified atom stereocenters. The van der Waals surface area contributed by atoms with E-state index in [9.17, 15) is 15.8 Å². The van der Waals surface area contributed by atoms with Crippen molar-refractivity contribution in [1.29, 1.82) is 15.8 Å². The molecule has 0 aromatic rings. The Labute approximate surface area is 107 Å². The van der Waals surface area contributed by atoms with Gasteiger partial charge in [-0.15, -0.1) is 0 Å². The van der Waals surface area contributed by atoms with Gasteiger partial charge in [0.25, 0.3) is 0 Å². The molecule has 0 aromatic heterocycles. The summed E-state index contributed by atoms with van der Waals surface area (Å²) in [4.78, 5) is 0. The molecule has 0 aromatic carbocycles. The second kappa shape index (κ2) is 4.21. The molecule has 0 fully saturated rings. The lowest BCUT2D eigenvalue weighted by Gasteiger charge is -2.41. The van der Waals surface area contributed by atoms with Gasteiger partial charge < -0.3 is 5.73 Å². The SMILES string of the molecule is C[C@H]1[C@@H]2CCCC=C2C(C#N)=C(N)C1(C#N)C#N. The molecular weight excluding hydrogens is 224 g/mol. The number of hydrogen-bond acceptors (Lipinski definition) is 4. The Balaban J connectivity index is 2.73. The molecule has 4 heteroatoms. The Kier molecular flexibility index (Phi) is 2.85. The van der Waals surface area contributed by atoms with Crippen molar-refractivity contribution in [3.05, 3.63) is 22.9 Å². The second-order valence-electron chi connectivity index (χ2n) is 4.92. The van der Waals surface area contributed by atoms with Crippen LogP contribution in [0.25, 0.3) is 0 Å². The Morgan fingerprint density at radius 2 is 2.00 bits per heavy atom.